The van der Waals surface area contributed by atoms with Gasteiger partial charge in [0, 0.05) is 24.2 Å². The van der Waals surface area contributed by atoms with Crippen LogP contribution in [0.25, 0.3) is 11.1 Å². The van der Waals surface area contributed by atoms with Crippen molar-refractivity contribution in [2.24, 2.45) is 0 Å². The second-order valence-electron chi connectivity index (χ2n) is 4.89. The Kier molecular flexibility index (Phi) is 4.00. The first-order valence-electron chi connectivity index (χ1n) is 6.41. The highest BCUT2D eigenvalue weighted by Crippen LogP contribution is 2.20. The number of carbonyl (C=O) groups is 1. The lowest BCUT2D eigenvalue weighted by molar-refractivity contribution is -0.136. The van der Waals surface area contributed by atoms with Crippen LogP contribution in [0.5, 0.6) is 0 Å². The summed E-state index contributed by atoms with van der Waals surface area (Å²) in [5.41, 5.74) is 3.23. The molecule has 0 saturated carbocycles. The summed E-state index contributed by atoms with van der Waals surface area (Å²) in [4.78, 5) is 10.5. The average molecular weight is 258 g/mol. The van der Waals surface area contributed by atoms with Crippen molar-refractivity contribution in [1.29, 1.82) is 0 Å². The van der Waals surface area contributed by atoms with Crippen molar-refractivity contribution >= 4 is 5.97 Å². The number of nitrogens with zero attached hydrogens (tertiary/aromatic N) is 2. The molecule has 0 fully saturated rings. The van der Waals surface area contributed by atoms with Crippen molar-refractivity contribution in [2.45, 2.75) is 32.7 Å². The van der Waals surface area contributed by atoms with E-state index < -0.39 is 5.97 Å². The third-order valence-corrected chi connectivity index (χ3v) is 3.05. The van der Waals surface area contributed by atoms with Crippen LogP contribution in [0.4, 0.5) is 0 Å². The number of aromatic nitrogens is 2. The summed E-state index contributed by atoms with van der Waals surface area (Å²) in [5, 5.41) is 13.0. The number of carboxylic acids is 1. The Hall–Kier alpha value is -2.10. The standard InChI is InChI=1S/C15H18N2O2/c1-11(2)17-10-14(9-16-17)13-6-3-12(4-7-13)5-8-15(18)19/h3-4,6-7,9-11H,5,8H2,1-2H3,(H,18,19). The highest BCUT2D eigenvalue weighted by molar-refractivity contribution is 5.67. The van der Waals surface area contributed by atoms with Crippen molar-refractivity contribution in [3.05, 3.63) is 42.2 Å². The van der Waals surface area contributed by atoms with Gasteiger partial charge >= 0.3 is 5.97 Å². The van der Waals surface area contributed by atoms with Crippen LogP contribution in [0, 0.1) is 0 Å². The van der Waals surface area contributed by atoms with Crippen LogP contribution in [0.1, 0.15) is 31.9 Å². The summed E-state index contributed by atoms with van der Waals surface area (Å²) < 4.78 is 1.92. The van der Waals surface area contributed by atoms with E-state index in [2.05, 4.69) is 18.9 Å². The molecule has 0 aliphatic rings. The molecule has 4 heteroatoms. The van der Waals surface area contributed by atoms with E-state index in [1.54, 1.807) is 0 Å². The molecule has 0 spiro atoms. The second-order valence-corrected chi connectivity index (χ2v) is 4.89. The normalized spacial score (nSPS) is 10.9. The molecule has 0 aliphatic heterocycles. The first-order valence-corrected chi connectivity index (χ1v) is 6.41. The van der Waals surface area contributed by atoms with Gasteiger partial charge in [-0.3, -0.25) is 9.48 Å². The Bertz CT molecular complexity index is 556. The van der Waals surface area contributed by atoms with Crippen LogP contribution < -0.4 is 0 Å². The number of rotatable bonds is 5. The molecular weight excluding hydrogens is 240 g/mol. The highest BCUT2D eigenvalue weighted by Gasteiger charge is 2.04. The Morgan fingerprint density at radius 3 is 2.47 bits per heavy atom. The topological polar surface area (TPSA) is 55.1 Å². The molecule has 0 amide bonds. The first kappa shape index (κ1) is 13.3. The molecule has 0 unspecified atom stereocenters. The smallest absolute Gasteiger partial charge is 0.303 e. The lowest BCUT2D eigenvalue weighted by Crippen LogP contribution is -1.99. The average Bonchev–Trinajstić information content (AvgIpc) is 2.86. The van der Waals surface area contributed by atoms with Gasteiger partial charge in [0.25, 0.3) is 0 Å². The Labute approximate surface area is 112 Å². The molecule has 100 valence electrons. The van der Waals surface area contributed by atoms with Gasteiger partial charge in [0.2, 0.25) is 0 Å². The third kappa shape index (κ3) is 3.44. The molecule has 2 rings (SSSR count). The SMILES string of the molecule is CC(C)n1cc(-c2ccc(CCC(=O)O)cc2)cn1. The van der Waals surface area contributed by atoms with Gasteiger partial charge in [0.15, 0.2) is 0 Å². The highest BCUT2D eigenvalue weighted by atomic mass is 16.4. The van der Waals surface area contributed by atoms with Gasteiger partial charge in [-0.05, 0) is 31.4 Å². The molecule has 1 aromatic heterocycles. The molecule has 4 nitrogen and oxygen atoms in total. The van der Waals surface area contributed by atoms with Gasteiger partial charge in [0.05, 0.1) is 6.20 Å². The zero-order valence-electron chi connectivity index (χ0n) is 11.2. The fourth-order valence-electron chi connectivity index (χ4n) is 1.88. The molecule has 1 heterocycles. The molecule has 0 saturated heterocycles. The molecule has 0 bridgehead atoms. The minimum atomic E-state index is -0.762. The second kappa shape index (κ2) is 5.69. The van der Waals surface area contributed by atoms with Crippen LogP contribution in [0.15, 0.2) is 36.7 Å². The molecule has 0 radical (unpaired) electrons. The molecular formula is C15H18N2O2. The monoisotopic (exact) mass is 258 g/mol. The predicted octanol–water partition coefficient (Wildman–Crippen LogP) is 3.15. The number of aliphatic carboxylic acids is 1. The van der Waals surface area contributed by atoms with E-state index in [4.69, 9.17) is 5.11 Å². The van der Waals surface area contributed by atoms with Crippen LogP contribution in [-0.4, -0.2) is 20.9 Å². The summed E-state index contributed by atoms with van der Waals surface area (Å²) in [5.74, 6) is -0.762. The van der Waals surface area contributed by atoms with E-state index in [0.717, 1.165) is 16.7 Å². The van der Waals surface area contributed by atoms with Gasteiger partial charge in [-0.1, -0.05) is 24.3 Å². The lowest BCUT2D eigenvalue weighted by atomic mass is 10.0. The quantitative estimate of drug-likeness (QED) is 0.896. The van der Waals surface area contributed by atoms with Crippen molar-refractivity contribution in [3.8, 4) is 11.1 Å². The van der Waals surface area contributed by atoms with Crippen molar-refractivity contribution in [1.82, 2.24) is 9.78 Å². The molecule has 0 aliphatic carbocycles. The van der Waals surface area contributed by atoms with Gasteiger partial charge in [-0.15, -0.1) is 0 Å². The minimum absolute atomic E-state index is 0.171. The van der Waals surface area contributed by atoms with Crippen molar-refractivity contribution in [2.75, 3.05) is 0 Å². The Morgan fingerprint density at radius 2 is 1.95 bits per heavy atom. The zero-order valence-corrected chi connectivity index (χ0v) is 11.2. The summed E-state index contributed by atoms with van der Waals surface area (Å²) in [6, 6.07) is 8.33. The number of hydrogen-bond acceptors (Lipinski definition) is 2. The zero-order chi connectivity index (χ0) is 13.8. The van der Waals surface area contributed by atoms with E-state index in [1.807, 2.05) is 41.3 Å². The van der Waals surface area contributed by atoms with E-state index in [-0.39, 0.29) is 6.42 Å². The maximum absolute atomic E-state index is 10.5. The third-order valence-electron chi connectivity index (χ3n) is 3.05. The van der Waals surface area contributed by atoms with Crippen LogP contribution >= 0.6 is 0 Å². The maximum Gasteiger partial charge on any atom is 0.303 e. The number of benzene rings is 1. The van der Waals surface area contributed by atoms with E-state index in [0.29, 0.717) is 12.5 Å². The van der Waals surface area contributed by atoms with Crippen LogP contribution in [0.2, 0.25) is 0 Å². The Morgan fingerprint density at radius 1 is 1.26 bits per heavy atom. The first-order chi connectivity index (χ1) is 9.06. The molecule has 0 atom stereocenters. The Balaban J connectivity index is 2.10. The van der Waals surface area contributed by atoms with E-state index in [1.165, 1.54) is 0 Å². The predicted molar refractivity (Wildman–Crippen MR) is 74.0 cm³/mol. The van der Waals surface area contributed by atoms with E-state index >= 15 is 0 Å². The van der Waals surface area contributed by atoms with Gasteiger partial charge in [-0.25, -0.2) is 0 Å². The maximum atomic E-state index is 10.5. The van der Waals surface area contributed by atoms with Crippen molar-refractivity contribution < 1.29 is 9.90 Å². The molecule has 1 aromatic carbocycles. The fraction of sp³-hybridized carbons (Fsp3) is 0.333. The summed E-state index contributed by atoms with van der Waals surface area (Å²) in [6.45, 7) is 4.18. The number of aryl methyl sites for hydroxylation is 1. The van der Waals surface area contributed by atoms with Crippen molar-refractivity contribution in [3.63, 3.8) is 0 Å². The lowest BCUT2D eigenvalue weighted by Gasteiger charge is -2.04. The van der Waals surface area contributed by atoms with E-state index in [9.17, 15) is 4.79 Å². The van der Waals surface area contributed by atoms with Gasteiger partial charge in [0.1, 0.15) is 0 Å². The minimum Gasteiger partial charge on any atom is -0.481 e. The van der Waals surface area contributed by atoms with Crippen LogP contribution in [-0.2, 0) is 11.2 Å². The summed E-state index contributed by atoms with van der Waals surface area (Å²) >= 11 is 0. The molecule has 1 N–H and O–H groups in total. The van der Waals surface area contributed by atoms with Gasteiger partial charge in [-0.2, -0.15) is 5.10 Å². The summed E-state index contributed by atoms with van der Waals surface area (Å²) in [6.07, 6.45) is 4.62. The summed E-state index contributed by atoms with van der Waals surface area (Å²) in [7, 11) is 0. The largest absolute Gasteiger partial charge is 0.481 e. The molecule has 19 heavy (non-hydrogen) atoms. The van der Waals surface area contributed by atoms with Gasteiger partial charge < -0.3 is 5.11 Å². The van der Waals surface area contributed by atoms with Crippen LogP contribution in [0.3, 0.4) is 0 Å². The number of hydrogen-bond donors (Lipinski definition) is 1. The molecule has 2 aromatic rings. The number of carboxylic acid groups (broad SMARTS) is 1. The fourth-order valence-corrected chi connectivity index (χ4v) is 1.88.